The van der Waals surface area contributed by atoms with Crippen molar-refractivity contribution < 1.29 is 4.92 Å². The van der Waals surface area contributed by atoms with Gasteiger partial charge in [-0.1, -0.05) is 50.9 Å². The van der Waals surface area contributed by atoms with E-state index in [9.17, 15) is 10.1 Å². The average molecular weight is 414 g/mol. The molecule has 6 heteroatoms. The molecule has 0 bridgehead atoms. The van der Waals surface area contributed by atoms with Gasteiger partial charge in [0.2, 0.25) is 0 Å². The van der Waals surface area contributed by atoms with Gasteiger partial charge in [-0.3, -0.25) is 10.1 Å². The molecule has 0 amide bonds. The Bertz CT molecular complexity index is 662. The summed E-state index contributed by atoms with van der Waals surface area (Å²) in [5.74, 6) is 0. The molecule has 0 spiro atoms. The summed E-state index contributed by atoms with van der Waals surface area (Å²) in [4.78, 5) is 10.8. The topological polar surface area (TPSA) is 55.2 Å². The fraction of sp³-hybridized carbons (Fsp3) is 0.200. The van der Waals surface area contributed by atoms with E-state index < -0.39 is 0 Å². The van der Waals surface area contributed by atoms with Crippen LogP contribution in [-0.4, -0.2) is 4.92 Å². The van der Waals surface area contributed by atoms with Crippen LogP contribution in [0.2, 0.25) is 0 Å². The fourth-order valence-corrected chi connectivity index (χ4v) is 2.88. The summed E-state index contributed by atoms with van der Waals surface area (Å²) < 4.78 is 1.68. The van der Waals surface area contributed by atoms with Crippen LogP contribution in [0.3, 0.4) is 0 Å². The third-order valence-electron chi connectivity index (χ3n) is 3.15. The van der Waals surface area contributed by atoms with E-state index in [0.717, 1.165) is 16.5 Å². The van der Waals surface area contributed by atoms with Gasteiger partial charge < -0.3 is 5.32 Å². The lowest BCUT2D eigenvalue weighted by atomic mass is 10.0. The van der Waals surface area contributed by atoms with Gasteiger partial charge in [0, 0.05) is 15.0 Å². The third-order valence-corrected chi connectivity index (χ3v) is 4.13. The standard InChI is InChI=1S/C15H14Br2N2O2/c1-2-13(10-4-3-5-11(16)8-10)18-14-7-6-12(17)9-15(14)19(20)21/h3-9,13,18H,2H2,1H3. The Kier molecular flexibility index (Phi) is 5.36. The molecular weight excluding hydrogens is 400 g/mol. The first-order valence-corrected chi connectivity index (χ1v) is 8.05. The highest BCUT2D eigenvalue weighted by molar-refractivity contribution is 9.10. The molecule has 2 rings (SSSR count). The van der Waals surface area contributed by atoms with Crippen molar-refractivity contribution in [1.29, 1.82) is 0 Å². The molecule has 4 nitrogen and oxygen atoms in total. The molecule has 0 aromatic heterocycles. The summed E-state index contributed by atoms with van der Waals surface area (Å²) in [6.45, 7) is 2.04. The first-order chi connectivity index (χ1) is 10.0. The van der Waals surface area contributed by atoms with E-state index in [1.807, 2.05) is 31.2 Å². The normalized spacial score (nSPS) is 12.0. The van der Waals surface area contributed by atoms with E-state index in [0.29, 0.717) is 10.2 Å². The van der Waals surface area contributed by atoms with Crippen LogP contribution >= 0.6 is 31.9 Å². The first-order valence-electron chi connectivity index (χ1n) is 6.47. The van der Waals surface area contributed by atoms with Crippen molar-refractivity contribution in [2.45, 2.75) is 19.4 Å². The minimum atomic E-state index is -0.374. The molecular formula is C15H14Br2N2O2. The van der Waals surface area contributed by atoms with Gasteiger partial charge in [-0.25, -0.2) is 0 Å². The Morgan fingerprint density at radius 1 is 1.19 bits per heavy atom. The van der Waals surface area contributed by atoms with E-state index >= 15 is 0 Å². The van der Waals surface area contributed by atoms with Gasteiger partial charge >= 0.3 is 0 Å². The van der Waals surface area contributed by atoms with E-state index in [-0.39, 0.29) is 16.7 Å². The summed E-state index contributed by atoms with van der Waals surface area (Å²) in [6.07, 6.45) is 0.823. The molecule has 1 N–H and O–H groups in total. The molecule has 1 atom stereocenters. The molecule has 0 saturated carbocycles. The fourth-order valence-electron chi connectivity index (χ4n) is 2.11. The minimum Gasteiger partial charge on any atom is -0.373 e. The highest BCUT2D eigenvalue weighted by atomic mass is 79.9. The number of nitrogens with one attached hydrogen (secondary N) is 1. The lowest BCUT2D eigenvalue weighted by molar-refractivity contribution is -0.384. The zero-order chi connectivity index (χ0) is 15.4. The Hall–Kier alpha value is -1.40. The van der Waals surface area contributed by atoms with E-state index in [1.54, 1.807) is 12.1 Å². The molecule has 0 aliphatic rings. The van der Waals surface area contributed by atoms with Gasteiger partial charge in [-0.15, -0.1) is 0 Å². The van der Waals surface area contributed by atoms with Crippen LogP contribution in [-0.2, 0) is 0 Å². The van der Waals surface area contributed by atoms with Crippen LogP contribution in [0.4, 0.5) is 11.4 Å². The van der Waals surface area contributed by atoms with Gasteiger partial charge in [0.05, 0.1) is 11.0 Å². The van der Waals surface area contributed by atoms with E-state index in [4.69, 9.17) is 0 Å². The maximum atomic E-state index is 11.2. The number of halogens is 2. The van der Waals surface area contributed by atoms with Crippen LogP contribution in [0.5, 0.6) is 0 Å². The molecule has 0 radical (unpaired) electrons. The number of hydrogen-bond donors (Lipinski definition) is 1. The second-order valence-electron chi connectivity index (χ2n) is 4.58. The van der Waals surface area contributed by atoms with Crippen molar-refractivity contribution in [2.24, 2.45) is 0 Å². The Morgan fingerprint density at radius 3 is 2.52 bits per heavy atom. The molecule has 110 valence electrons. The van der Waals surface area contributed by atoms with Crippen LogP contribution < -0.4 is 5.32 Å². The zero-order valence-corrected chi connectivity index (χ0v) is 14.5. The van der Waals surface area contributed by atoms with Gasteiger partial charge in [0.25, 0.3) is 5.69 Å². The minimum absolute atomic E-state index is 0.0161. The summed E-state index contributed by atoms with van der Waals surface area (Å²) >= 11 is 6.71. The van der Waals surface area contributed by atoms with Crippen molar-refractivity contribution >= 4 is 43.2 Å². The molecule has 0 fully saturated rings. The molecule has 1 unspecified atom stereocenters. The summed E-state index contributed by atoms with van der Waals surface area (Å²) in [5, 5.41) is 14.4. The van der Waals surface area contributed by atoms with Gasteiger partial charge in [0.15, 0.2) is 0 Å². The highest BCUT2D eigenvalue weighted by Gasteiger charge is 2.18. The van der Waals surface area contributed by atoms with Crippen LogP contribution in [0.1, 0.15) is 24.9 Å². The van der Waals surface area contributed by atoms with Gasteiger partial charge in [-0.2, -0.15) is 0 Å². The lowest BCUT2D eigenvalue weighted by Crippen LogP contribution is -2.11. The second kappa shape index (κ2) is 7.04. The number of nitro benzene ring substituents is 1. The Labute approximate surface area is 140 Å². The number of benzene rings is 2. The monoisotopic (exact) mass is 412 g/mol. The maximum Gasteiger partial charge on any atom is 0.293 e. The molecule has 0 aliphatic carbocycles. The summed E-state index contributed by atoms with van der Waals surface area (Å²) in [5.41, 5.74) is 1.68. The predicted molar refractivity (Wildman–Crippen MR) is 91.6 cm³/mol. The predicted octanol–water partition coefficient (Wildman–Crippen LogP) is 5.68. The van der Waals surface area contributed by atoms with Crippen LogP contribution in [0, 0.1) is 10.1 Å². The highest BCUT2D eigenvalue weighted by Crippen LogP contribution is 2.32. The average Bonchev–Trinajstić information content (AvgIpc) is 2.45. The van der Waals surface area contributed by atoms with E-state index in [2.05, 4.69) is 37.2 Å². The second-order valence-corrected chi connectivity index (χ2v) is 6.41. The number of nitro groups is 1. The summed E-state index contributed by atoms with van der Waals surface area (Å²) in [7, 11) is 0. The quantitative estimate of drug-likeness (QED) is 0.506. The maximum absolute atomic E-state index is 11.2. The molecule has 0 heterocycles. The van der Waals surface area contributed by atoms with Gasteiger partial charge in [-0.05, 0) is 36.2 Å². The van der Waals surface area contributed by atoms with Crippen LogP contribution in [0.25, 0.3) is 0 Å². The molecule has 0 saturated heterocycles. The first kappa shape index (κ1) is 16.0. The summed E-state index contributed by atoms with van der Waals surface area (Å²) in [6, 6.07) is 13.0. The number of hydrogen-bond acceptors (Lipinski definition) is 3. The largest absolute Gasteiger partial charge is 0.373 e. The van der Waals surface area contributed by atoms with Gasteiger partial charge in [0.1, 0.15) is 5.69 Å². The SMILES string of the molecule is CCC(Nc1ccc(Br)cc1[N+](=O)[O-])c1cccc(Br)c1. The molecule has 0 aliphatic heterocycles. The van der Waals surface area contributed by atoms with E-state index in [1.165, 1.54) is 6.07 Å². The number of nitrogens with zero attached hydrogens (tertiary/aromatic N) is 1. The number of anilines is 1. The Morgan fingerprint density at radius 2 is 1.90 bits per heavy atom. The molecule has 2 aromatic carbocycles. The number of rotatable bonds is 5. The van der Waals surface area contributed by atoms with Crippen molar-refractivity contribution in [3.05, 3.63) is 67.1 Å². The third kappa shape index (κ3) is 4.04. The zero-order valence-electron chi connectivity index (χ0n) is 11.3. The van der Waals surface area contributed by atoms with Crippen molar-refractivity contribution in [3.8, 4) is 0 Å². The van der Waals surface area contributed by atoms with Crippen molar-refractivity contribution in [2.75, 3.05) is 5.32 Å². The van der Waals surface area contributed by atoms with Crippen LogP contribution in [0.15, 0.2) is 51.4 Å². The lowest BCUT2D eigenvalue weighted by Gasteiger charge is -2.19. The van der Waals surface area contributed by atoms with Crippen molar-refractivity contribution in [1.82, 2.24) is 0 Å². The smallest absolute Gasteiger partial charge is 0.293 e. The van der Waals surface area contributed by atoms with Crippen molar-refractivity contribution in [3.63, 3.8) is 0 Å². The molecule has 21 heavy (non-hydrogen) atoms. The Balaban J connectivity index is 2.33. The molecule has 2 aromatic rings.